The van der Waals surface area contributed by atoms with Crippen molar-refractivity contribution in [2.75, 3.05) is 11.4 Å². The second-order valence-electron chi connectivity index (χ2n) is 10.1. The number of fused-ring (bicyclic) bond motifs is 1. The smallest absolute Gasteiger partial charge is 0.335 e. The normalized spacial score (nSPS) is 14.9. The molecule has 4 aromatic rings. The van der Waals surface area contributed by atoms with Crippen molar-refractivity contribution >= 4 is 56.0 Å². The minimum Gasteiger partial charge on any atom is -0.495 e. The minimum atomic E-state index is -3.12. The van der Waals surface area contributed by atoms with Gasteiger partial charge in [0.2, 0.25) is 10.9 Å². The van der Waals surface area contributed by atoms with E-state index in [-0.39, 0.29) is 22.8 Å². The van der Waals surface area contributed by atoms with E-state index in [9.17, 15) is 18.3 Å². The summed E-state index contributed by atoms with van der Waals surface area (Å²) in [4.78, 5) is 15.9. The molecule has 1 heterocycles. The number of methoxy groups -OCH3 is 1. The van der Waals surface area contributed by atoms with Crippen molar-refractivity contribution in [3.63, 3.8) is 0 Å². The first-order chi connectivity index (χ1) is 18.1. The Labute approximate surface area is 227 Å². The number of thiol groups is 1. The van der Waals surface area contributed by atoms with Gasteiger partial charge in [0.15, 0.2) is 5.82 Å². The third-order valence-electron chi connectivity index (χ3n) is 6.96. The summed E-state index contributed by atoms with van der Waals surface area (Å²) in [5.41, 5.74) is 4.09. The van der Waals surface area contributed by atoms with Crippen molar-refractivity contribution in [1.29, 1.82) is 0 Å². The first kappa shape index (κ1) is 25.9. The van der Waals surface area contributed by atoms with E-state index >= 15 is 0 Å². The number of carboxylic acids is 1. The van der Waals surface area contributed by atoms with Crippen molar-refractivity contribution in [3.05, 3.63) is 77.2 Å². The van der Waals surface area contributed by atoms with E-state index in [1.165, 1.54) is 54.2 Å². The highest BCUT2D eigenvalue weighted by Gasteiger charge is 2.23. The second kappa shape index (κ2) is 10.2. The number of benzene rings is 3. The maximum Gasteiger partial charge on any atom is 0.335 e. The van der Waals surface area contributed by atoms with E-state index in [0.29, 0.717) is 10.4 Å². The summed E-state index contributed by atoms with van der Waals surface area (Å²) in [5.74, 6) is -0.798. The third-order valence-corrected chi connectivity index (χ3v) is 8.58. The van der Waals surface area contributed by atoms with Gasteiger partial charge in [-0.25, -0.2) is 22.5 Å². The molecule has 7 nitrogen and oxygen atoms in total. The predicted octanol–water partition coefficient (Wildman–Crippen LogP) is 6.93. The average Bonchev–Trinajstić information content (AvgIpc) is 3.37. The highest BCUT2D eigenvalue weighted by molar-refractivity contribution is 7.74. The molecule has 0 spiro atoms. The zero-order valence-corrected chi connectivity index (χ0v) is 23.0. The van der Waals surface area contributed by atoms with Crippen LogP contribution in [0.15, 0.2) is 66.1 Å². The highest BCUT2D eigenvalue weighted by atomic mass is 32.2. The Morgan fingerprint density at radius 1 is 1.05 bits per heavy atom. The van der Waals surface area contributed by atoms with Gasteiger partial charge in [-0.3, -0.25) is 0 Å². The molecule has 0 atom stereocenters. The largest absolute Gasteiger partial charge is 0.495 e. The number of aromatic carboxylic acids is 1. The standard InChI is InChI=1S/C29H28N2O5S2/c1-29(2)12-10-18(11-13-29)19-4-5-21-15-22(7-6-20(21)14-19)27-30-26(17-37-27)31(38(34)35)24-9-8-23(28(32)33)16-25(24)36-3/h4-10,14-17,38H,11-13H2,1-3H3,(H,32,33). The molecular weight excluding hydrogens is 520 g/mol. The summed E-state index contributed by atoms with van der Waals surface area (Å²) < 4.78 is 30.8. The molecule has 5 rings (SSSR count). The van der Waals surface area contributed by atoms with E-state index in [1.54, 1.807) is 5.38 Å². The van der Waals surface area contributed by atoms with Crippen LogP contribution in [0.4, 0.5) is 11.5 Å². The monoisotopic (exact) mass is 548 g/mol. The van der Waals surface area contributed by atoms with Crippen LogP contribution >= 0.6 is 11.3 Å². The van der Waals surface area contributed by atoms with Gasteiger partial charge < -0.3 is 9.84 Å². The quantitative estimate of drug-likeness (QED) is 0.243. The molecule has 0 unspecified atom stereocenters. The van der Waals surface area contributed by atoms with Crippen molar-refractivity contribution in [1.82, 2.24) is 4.98 Å². The van der Waals surface area contributed by atoms with Crippen LogP contribution in [-0.2, 0) is 10.9 Å². The Morgan fingerprint density at radius 3 is 2.39 bits per heavy atom. The fourth-order valence-electron chi connectivity index (χ4n) is 4.69. The summed E-state index contributed by atoms with van der Waals surface area (Å²) in [6.07, 6.45) is 5.73. The maximum atomic E-state index is 12.3. The number of carboxylic acid groups (broad SMARTS) is 1. The van der Waals surface area contributed by atoms with Crippen molar-refractivity contribution < 1.29 is 23.1 Å². The van der Waals surface area contributed by atoms with Gasteiger partial charge in [0.05, 0.1) is 12.7 Å². The number of ether oxygens (including phenoxy) is 1. The number of hydrogen-bond acceptors (Lipinski definition) is 6. The molecule has 1 N–H and O–H groups in total. The topological polar surface area (TPSA) is 96.8 Å². The van der Waals surface area contributed by atoms with Crippen LogP contribution in [-0.4, -0.2) is 31.6 Å². The van der Waals surface area contributed by atoms with E-state index < -0.39 is 16.9 Å². The number of allylic oxidation sites excluding steroid dienone is 2. The number of hydrogen-bond donors (Lipinski definition) is 2. The van der Waals surface area contributed by atoms with Gasteiger partial charge in [-0.1, -0.05) is 44.2 Å². The number of rotatable bonds is 7. The van der Waals surface area contributed by atoms with Gasteiger partial charge in [0, 0.05) is 10.9 Å². The van der Waals surface area contributed by atoms with Crippen LogP contribution < -0.4 is 9.04 Å². The lowest BCUT2D eigenvalue weighted by atomic mass is 9.77. The van der Waals surface area contributed by atoms with E-state index in [1.807, 2.05) is 6.07 Å². The zero-order valence-electron chi connectivity index (χ0n) is 21.3. The zero-order chi connectivity index (χ0) is 27.0. The van der Waals surface area contributed by atoms with Gasteiger partial charge in [-0.15, -0.1) is 11.3 Å². The Balaban J connectivity index is 1.45. The summed E-state index contributed by atoms with van der Waals surface area (Å²) in [6.45, 7) is 4.62. The molecule has 1 aliphatic carbocycles. The molecule has 0 bridgehead atoms. The number of carbonyl (C=O) groups is 1. The summed E-state index contributed by atoms with van der Waals surface area (Å²) in [6, 6.07) is 16.7. The molecular formula is C29H28N2O5S2. The van der Waals surface area contributed by atoms with Crippen LogP contribution in [0.2, 0.25) is 0 Å². The first-order valence-electron chi connectivity index (χ1n) is 12.2. The number of thiazole rings is 1. The van der Waals surface area contributed by atoms with Crippen LogP contribution in [0, 0.1) is 5.41 Å². The number of nitrogens with zero attached hydrogens (tertiary/aromatic N) is 2. The minimum absolute atomic E-state index is 0.00594. The van der Waals surface area contributed by atoms with Crippen molar-refractivity contribution in [2.24, 2.45) is 5.41 Å². The SMILES string of the molecule is COc1cc(C(=O)O)ccc1N(c1csc(-c2ccc3cc(C4=CCC(C)(C)CC4)ccc3c2)n1)[SH](=O)=O. The molecule has 0 radical (unpaired) electrons. The molecule has 3 aromatic carbocycles. The maximum absolute atomic E-state index is 12.3. The molecule has 0 saturated carbocycles. The van der Waals surface area contributed by atoms with Gasteiger partial charge in [0.1, 0.15) is 16.4 Å². The lowest BCUT2D eigenvalue weighted by Gasteiger charge is -2.28. The third kappa shape index (κ3) is 5.16. The number of anilines is 2. The fraction of sp³-hybridized carbons (Fsp3) is 0.241. The molecule has 0 amide bonds. The van der Waals surface area contributed by atoms with E-state index in [4.69, 9.17) is 4.74 Å². The average molecular weight is 549 g/mol. The van der Waals surface area contributed by atoms with Gasteiger partial charge in [0.25, 0.3) is 0 Å². The fourth-order valence-corrected chi connectivity index (χ4v) is 6.17. The van der Waals surface area contributed by atoms with Crippen molar-refractivity contribution in [2.45, 2.75) is 33.1 Å². The van der Waals surface area contributed by atoms with Crippen LogP contribution in [0.5, 0.6) is 5.75 Å². The van der Waals surface area contributed by atoms with Gasteiger partial charge in [-0.05, 0) is 76.9 Å². The molecule has 196 valence electrons. The highest BCUT2D eigenvalue weighted by Crippen LogP contribution is 2.40. The van der Waals surface area contributed by atoms with Gasteiger partial charge >= 0.3 is 5.97 Å². The molecule has 0 aliphatic heterocycles. The van der Waals surface area contributed by atoms with Gasteiger partial charge in [-0.2, -0.15) is 0 Å². The lowest BCUT2D eigenvalue weighted by Crippen LogP contribution is -2.16. The molecule has 0 saturated heterocycles. The summed E-state index contributed by atoms with van der Waals surface area (Å²) >= 11 is 1.33. The Morgan fingerprint density at radius 2 is 1.76 bits per heavy atom. The van der Waals surface area contributed by atoms with Crippen LogP contribution in [0.25, 0.3) is 26.9 Å². The summed E-state index contributed by atoms with van der Waals surface area (Å²) in [7, 11) is -1.76. The first-order valence-corrected chi connectivity index (χ1v) is 14.2. The van der Waals surface area contributed by atoms with E-state index in [2.05, 4.69) is 55.2 Å². The molecule has 38 heavy (non-hydrogen) atoms. The van der Waals surface area contributed by atoms with Crippen LogP contribution in [0.1, 0.15) is 49.0 Å². The summed E-state index contributed by atoms with van der Waals surface area (Å²) in [5, 5.41) is 13.8. The van der Waals surface area contributed by atoms with Crippen LogP contribution in [0.3, 0.4) is 0 Å². The molecule has 0 fully saturated rings. The molecule has 1 aromatic heterocycles. The number of aromatic nitrogens is 1. The Bertz CT molecular complexity index is 1640. The molecule has 1 aliphatic rings. The van der Waals surface area contributed by atoms with E-state index in [0.717, 1.165) is 33.5 Å². The Hall–Kier alpha value is -3.69. The molecule has 9 heteroatoms. The Kier molecular flexibility index (Phi) is 6.98. The van der Waals surface area contributed by atoms with Crippen molar-refractivity contribution in [3.8, 4) is 16.3 Å². The second-order valence-corrected chi connectivity index (χ2v) is 11.9. The lowest BCUT2D eigenvalue weighted by molar-refractivity contribution is 0.0696. The predicted molar refractivity (Wildman–Crippen MR) is 153 cm³/mol.